The van der Waals surface area contributed by atoms with E-state index in [0.29, 0.717) is 42.0 Å². The highest BCUT2D eigenvalue weighted by molar-refractivity contribution is 5.76. The van der Waals surface area contributed by atoms with Crippen LogP contribution in [0.2, 0.25) is 0 Å². The van der Waals surface area contributed by atoms with E-state index in [1.54, 1.807) is 23.9 Å². The van der Waals surface area contributed by atoms with Crippen molar-refractivity contribution in [2.24, 2.45) is 7.05 Å². The Morgan fingerprint density at radius 1 is 1.17 bits per heavy atom. The number of imidazole rings is 1. The number of ether oxygens (including phenoxy) is 1. The number of halogens is 3. The molecule has 0 bridgehead atoms. The third kappa shape index (κ3) is 4.12. The van der Waals surface area contributed by atoms with E-state index in [2.05, 4.69) is 32.5 Å². The molecule has 1 fully saturated rings. The lowest BCUT2D eigenvalue weighted by atomic mass is 9.93. The van der Waals surface area contributed by atoms with Crippen LogP contribution in [-0.4, -0.2) is 38.3 Å². The number of fused-ring (bicyclic) bond motifs is 1. The van der Waals surface area contributed by atoms with Crippen molar-refractivity contribution in [1.29, 1.82) is 0 Å². The van der Waals surface area contributed by atoms with E-state index in [1.807, 2.05) is 0 Å². The second kappa shape index (κ2) is 7.18. The second-order valence-electron chi connectivity index (χ2n) is 7.40. The maximum atomic E-state index is 12.9. The zero-order valence-corrected chi connectivity index (χ0v) is 16.0. The van der Waals surface area contributed by atoms with Crippen LogP contribution in [0.5, 0.6) is 0 Å². The molecule has 0 unspecified atom stereocenters. The maximum Gasteiger partial charge on any atom is 0.416 e. The molecule has 1 saturated heterocycles. The van der Waals surface area contributed by atoms with E-state index in [1.165, 1.54) is 6.07 Å². The van der Waals surface area contributed by atoms with Crippen molar-refractivity contribution < 1.29 is 17.9 Å². The average Bonchev–Trinajstić information content (AvgIpc) is 2.97. The van der Waals surface area contributed by atoms with Crippen molar-refractivity contribution in [3.05, 3.63) is 36.0 Å². The van der Waals surface area contributed by atoms with Crippen LogP contribution in [0.1, 0.15) is 25.3 Å². The molecule has 1 aliphatic rings. The first-order chi connectivity index (χ1) is 13.7. The zero-order valence-electron chi connectivity index (χ0n) is 16.0. The summed E-state index contributed by atoms with van der Waals surface area (Å²) in [5.41, 5.74) is 0.540. The van der Waals surface area contributed by atoms with Crippen molar-refractivity contribution >= 4 is 28.7 Å². The van der Waals surface area contributed by atoms with Crippen molar-refractivity contribution in [2.45, 2.75) is 31.5 Å². The SMILES string of the molecule is Cn1c(Nc2cccc(C(F)(F)F)c2)nc2cnc(NC3(C)CCOCC3)nc21. The molecule has 1 aliphatic heterocycles. The van der Waals surface area contributed by atoms with Crippen LogP contribution in [0.3, 0.4) is 0 Å². The molecule has 154 valence electrons. The minimum Gasteiger partial charge on any atom is -0.381 e. The lowest BCUT2D eigenvalue weighted by molar-refractivity contribution is -0.137. The van der Waals surface area contributed by atoms with E-state index in [4.69, 9.17) is 4.74 Å². The molecule has 2 N–H and O–H groups in total. The molecular formula is C19H21F3N6O. The minimum absolute atomic E-state index is 0.149. The fourth-order valence-corrected chi connectivity index (χ4v) is 3.27. The molecule has 0 spiro atoms. The largest absolute Gasteiger partial charge is 0.416 e. The molecule has 2 aromatic heterocycles. The van der Waals surface area contributed by atoms with Crippen molar-refractivity contribution in [3.8, 4) is 0 Å². The van der Waals surface area contributed by atoms with Gasteiger partial charge in [-0.25, -0.2) is 9.97 Å². The molecule has 0 amide bonds. The monoisotopic (exact) mass is 406 g/mol. The Hall–Kier alpha value is -2.88. The number of aromatic nitrogens is 4. The number of aryl methyl sites for hydroxylation is 1. The smallest absolute Gasteiger partial charge is 0.381 e. The predicted molar refractivity (Wildman–Crippen MR) is 103 cm³/mol. The van der Waals surface area contributed by atoms with E-state index in [-0.39, 0.29) is 5.54 Å². The fourth-order valence-electron chi connectivity index (χ4n) is 3.27. The molecule has 0 radical (unpaired) electrons. The molecule has 3 heterocycles. The Kier molecular flexibility index (Phi) is 4.81. The summed E-state index contributed by atoms with van der Waals surface area (Å²) < 4.78 is 45.9. The van der Waals surface area contributed by atoms with Crippen LogP contribution in [0.4, 0.5) is 30.8 Å². The third-order valence-electron chi connectivity index (χ3n) is 5.07. The van der Waals surface area contributed by atoms with Gasteiger partial charge >= 0.3 is 6.18 Å². The quantitative estimate of drug-likeness (QED) is 0.679. The first-order valence-electron chi connectivity index (χ1n) is 9.23. The number of nitrogens with zero attached hydrogens (tertiary/aromatic N) is 4. The highest BCUT2D eigenvalue weighted by atomic mass is 19.4. The molecule has 3 aromatic rings. The molecule has 0 saturated carbocycles. The van der Waals surface area contributed by atoms with Crippen LogP contribution in [-0.2, 0) is 18.0 Å². The average molecular weight is 406 g/mol. The molecular weight excluding hydrogens is 385 g/mol. The summed E-state index contributed by atoms with van der Waals surface area (Å²) in [6, 6.07) is 4.98. The number of alkyl halides is 3. The standard InChI is InChI=1S/C19H21F3N6O/c1-18(6-8-29-9-7-18)27-16-23-11-14-15(26-16)28(2)17(25-14)24-13-5-3-4-12(10-13)19(20,21)22/h3-5,10-11H,6-9H2,1-2H3,(H,24,25)(H,23,26,27). The Balaban J connectivity index is 1.59. The Morgan fingerprint density at radius 3 is 2.66 bits per heavy atom. The molecule has 10 heteroatoms. The van der Waals surface area contributed by atoms with Crippen LogP contribution < -0.4 is 10.6 Å². The number of hydrogen-bond acceptors (Lipinski definition) is 6. The number of nitrogens with one attached hydrogen (secondary N) is 2. The summed E-state index contributed by atoms with van der Waals surface area (Å²) in [7, 11) is 1.75. The second-order valence-corrected chi connectivity index (χ2v) is 7.40. The summed E-state index contributed by atoms with van der Waals surface area (Å²) in [6.07, 6.45) is -1.11. The van der Waals surface area contributed by atoms with Gasteiger partial charge < -0.3 is 15.4 Å². The van der Waals surface area contributed by atoms with E-state index >= 15 is 0 Å². The van der Waals surface area contributed by atoms with Gasteiger partial charge in [-0.1, -0.05) is 6.07 Å². The first kappa shape index (κ1) is 19.4. The third-order valence-corrected chi connectivity index (χ3v) is 5.07. The van der Waals surface area contributed by atoms with E-state index in [9.17, 15) is 13.2 Å². The van der Waals surface area contributed by atoms with Gasteiger partial charge in [0, 0.05) is 31.5 Å². The molecule has 0 atom stereocenters. The Morgan fingerprint density at radius 2 is 1.93 bits per heavy atom. The minimum atomic E-state index is -4.41. The number of anilines is 3. The molecule has 1 aromatic carbocycles. The fraction of sp³-hybridized carbons (Fsp3) is 0.421. The van der Waals surface area contributed by atoms with Gasteiger partial charge in [0.15, 0.2) is 5.65 Å². The molecule has 7 nitrogen and oxygen atoms in total. The molecule has 4 rings (SSSR count). The molecule has 0 aliphatic carbocycles. The van der Waals surface area contributed by atoms with Gasteiger partial charge in [0.2, 0.25) is 11.9 Å². The number of hydrogen-bond donors (Lipinski definition) is 2. The highest BCUT2D eigenvalue weighted by Gasteiger charge is 2.30. The lowest BCUT2D eigenvalue weighted by Crippen LogP contribution is -2.41. The van der Waals surface area contributed by atoms with Crippen molar-refractivity contribution in [3.63, 3.8) is 0 Å². The Bertz CT molecular complexity index is 1030. The van der Waals surface area contributed by atoms with Crippen molar-refractivity contribution in [2.75, 3.05) is 23.8 Å². The van der Waals surface area contributed by atoms with E-state index in [0.717, 1.165) is 25.0 Å². The van der Waals surface area contributed by atoms with Gasteiger partial charge in [0.1, 0.15) is 5.52 Å². The van der Waals surface area contributed by atoms with Crippen molar-refractivity contribution in [1.82, 2.24) is 19.5 Å². The van der Waals surface area contributed by atoms with Crippen LogP contribution in [0.25, 0.3) is 11.2 Å². The maximum absolute atomic E-state index is 12.9. The highest BCUT2D eigenvalue weighted by Crippen LogP contribution is 2.31. The zero-order chi connectivity index (χ0) is 20.6. The van der Waals surface area contributed by atoms with Crippen LogP contribution in [0.15, 0.2) is 30.5 Å². The van der Waals surface area contributed by atoms with Gasteiger partial charge in [0.25, 0.3) is 0 Å². The van der Waals surface area contributed by atoms with Gasteiger partial charge in [0.05, 0.1) is 11.8 Å². The first-order valence-corrected chi connectivity index (χ1v) is 9.23. The predicted octanol–water partition coefficient (Wildman–Crippen LogP) is 4.11. The topological polar surface area (TPSA) is 76.9 Å². The van der Waals surface area contributed by atoms with Gasteiger partial charge in [-0.2, -0.15) is 18.2 Å². The van der Waals surface area contributed by atoms with Gasteiger partial charge in [-0.3, -0.25) is 4.57 Å². The lowest BCUT2D eigenvalue weighted by Gasteiger charge is -2.34. The summed E-state index contributed by atoms with van der Waals surface area (Å²) in [6.45, 7) is 3.47. The summed E-state index contributed by atoms with van der Waals surface area (Å²) >= 11 is 0. The Labute approximate surface area is 165 Å². The summed E-state index contributed by atoms with van der Waals surface area (Å²) in [5.74, 6) is 0.860. The van der Waals surface area contributed by atoms with Crippen LogP contribution in [0, 0.1) is 0 Å². The number of benzene rings is 1. The summed E-state index contributed by atoms with van der Waals surface area (Å²) in [5, 5.41) is 6.30. The van der Waals surface area contributed by atoms with E-state index < -0.39 is 11.7 Å². The van der Waals surface area contributed by atoms with Crippen LogP contribution >= 0.6 is 0 Å². The number of rotatable bonds is 4. The normalized spacial score (nSPS) is 16.7. The van der Waals surface area contributed by atoms with Gasteiger partial charge in [-0.15, -0.1) is 0 Å². The molecule has 29 heavy (non-hydrogen) atoms. The van der Waals surface area contributed by atoms with Gasteiger partial charge in [-0.05, 0) is 38.0 Å². The summed E-state index contributed by atoms with van der Waals surface area (Å²) in [4.78, 5) is 13.3.